The molecule has 17 heavy (non-hydrogen) atoms. The van der Waals surface area contributed by atoms with Gasteiger partial charge in [-0.2, -0.15) is 0 Å². The molecular weight excluding hydrogens is 300 g/mol. The zero-order valence-electron chi connectivity index (χ0n) is 9.17. The molecule has 2 rings (SSSR count). The molecule has 88 valence electrons. The molecule has 0 bridgehead atoms. The maximum absolute atomic E-state index is 9.51. The maximum Gasteiger partial charge on any atom is 0.116 e. The summed E-state index contributed by atoms with van der Waals surface area (Å²) in [6, 6.07) is 7.49. The number of rotatable bonds is 3. The first-order valence-electron chi connectivity index (χ1n) is 5.09. The highest BCUT2D eigenvalue weighted by atomic mass is 79.9. The zero-order chi connectivity index (χ0) is 12.3. The summed E-state index contributed by atoms with van der Waals surface area (Å²) in [5, 5.41) is 11.2. The van der Waals surface area contributed by atoms with Gasteiger partial charge in [0.2, 0.25) is 0 Å². The van der Waals surface area contributed by atoms with Crippen LogP contribution in [0.4, 0.5) is 0 Å². The van der Waals surface area contributed by atoms with Gasteiger partial charge in [0, 0.05) is 12.4 Å². The monoisotopic (exact) mass is 310 g/mol. The minimum absolute atomic E-state index is 0.482. The van der Waals surface area contributed by atoms with Gasteiger partial charge in [0.25, 0.3) is 0 Å². The first kappa shape index (κ1) is 12.5. The van der Waals surface area contributed by atoms with Crippen LogP contribution in [-0.2, 0) is 0 Å². The third kappa shape index (κ3) is 3.28. The molecule has 2 aromatic rings. The highest BCUT2D eigenvalue weighted by Crippen LogP contribution is 2.31. The second kappa shape index (κ2) is 5.62. The molecule has 1 unspecified atom stereocenters. The van der Waals surface area contributed by atoms with Crippen LogP contribution in [0.1, 0.15) is 18.6 Å². The van der Waals surface area contributed by atoms with E-state index in [4.69, 9.17) is 0 Å². The van der Waals surface area contributed by atoms with Crippen molar-refractivity contribution in [1.29, 1.82) is 0 Å². The van der Waals surface area contributed by atoms with Crippen LogP contribution < -0.4 is 0 Å². The molecule has 0 fully saturated rings. The van der Waals surface area contributed by atoms with E-state index in [0.29, 0.717) is 0 Å². The largest absolute Gasteiger partial charge is 0.389 e. The van der Waals surface area contributed by atoms with Crippen LogP contribution in [0.25, 0.3) is 0 Å². The van der Waals surface area contributed by atoms with E-state index < -0.39 is 6.10 Å². The fourth-order valence-corrected chi connectivity index (χ4v) is 2.57. The van der Waals surface area contributed by atoms with Crippen molar-refractivity contribution in [3.8, 4) is 0 Å². The van der Waals surface area contributed by atoms with Crippen LogP contribution in [0.5, 0.6) is 0 Å². The van der Waals surface area contributed by atoms with Crippen molar-refractivity contribution in [3.63, 3.8) is 0 Å². The van der Waals surface area contributed by atoms with Crippen molar-refractivity contribution < 1.29 is 5.11 Å². The van der Waals surface area contributed by atoms with Crippen LogP contribution in [0.3, 0.4) is 0 Å². The fourth-order valence-electron chi connectivity index (χ4n) is 1.29. The van der Waals surface area contributed by atoms with Gasteiger partial charge >= 0.3 is 0 Å². The van der Waals surface area contributed by atoms with Crippen molar-refractivity contribution in [2.75, 3.05) is 0 Å². The molecule has 0 aromatic carbocycles. The third-order valence-corrected chi connectivity index (χ3v) is 4.02. The van der Waals surface area contributed by atoms with E-state index >= 15 is 0 Å². The molecule has 0 aliphatic carbocycles. The minimum atomic E-state index is -0.482. The Morgan fingerprint density at radius 3 is 2.82 bits per heavy atom. The van der Waals surface area contributed by atoms with Crippen LogP contribution in [0, 0.1) is 0 Å². The SMILES string of the molecule is CC(O)c1ccnc(Sc2ncccc2Br)c1. The molecule has 0 radical (unpaired) electrons. The molecule has 0 saturated heterocycles. The van der Waals surface area contributed by atoms with Gasteiger partial charge in [0.1, 0.15) is 10.1 Å². The molecule has 5 heteroatoms. The fraction of sp³-hybridized carbons (Fsp3) is 0.167. The number of aliphatic hydroxyl groups is 1. The molecule has 0 aliphatic rings. The smallest absolute Gasteiger partial charge is 0.116 e. The zero-order valence-corrected chi connectivity index (χ0v) is 11.6. The Bertz CT molecular complexity index is 519. The summed E-state index contributed by atoms with van der Waals surface area (Å²) in [5.74, 6) is 0. The van der Waals surface area contributed by atoms with Gasteiger partial charge in [-0.1, -0.05) is 0 Å². The van der Waals surface area contributed by atoms with Gasteiger partial charge in [0.15, 0.2) is 0 Å². The summed E-state index contributed by atoms with van der Waals surface area (Å²) < 4.78 is 0.939. The van der Waals surface area contributed by atoms with Gasteiger partial charge in [0.05, 0.1) is 10.6 Å². The van der Waals surface area contributed by atoms with E-state index in [1.165, 1.54) is 11.8 Å². The molecule has 1 N–H and O–H groups in total. The first-order valence-corrected chi connectivity index (χ1v) is 6.70. The Morgan fingerprint density at radius 2 is 2.12 bits per heavy atom. The average Bonchev–Trinajstić information content (AvgIpc) is 2.32. The number of hydrogen-bond donors (Lipinski definition) is 1. The van der Waals surface area contributed by atoms with Crippen molar-refractivity contribution in [2.24, 2.45) is 0 Å². The molecule has 0 saturated carbocycles. The predicted molar refractivity (Wildman–Crippen MR) is 70.9 cm³/mol. The summed E-state index contributed by atoms with van der Waals surface area (Å²) in [7, 11) is 0. The van der Waals surface area contributed by atoms with E-state index in [2.05, 4.69) is 25.9 Å². The number of halogens is 1. The topological polar surface area (TPSA) is 46.0 Å². The molecule has 3 nitrogen and oxygen atoms in total. The number of nitrogens with zero attached hydrogens (tertiary/aromatic N) is 2. The van der Waals surface area contributed by atoms with Gasteiger partial charge in [-0.05, 0) is 64.4 Å². The normalized spacial score (nSPS) is 12.4. The molecule has 2 aromatic heterocycles. The molecule has 2 heterocycles. The maximum atomic E-state index is 9.51. The van der Waals surface area contributed by atoms with E-state index in [-0.39, 0.29) is 0 Å². The lowest BCUT2D eigenvalue weighted by atomic mass is 10.2. The number of aromatic nitrogens is 2. The Kier molecular flexibility index (Phi) is 4.15. The summed E-state index contributed by atoms with van der Waals surface area (Å²) in [6.07, 6.45) is 2.96. The van der Waals surface area contributed by atoms with Crippen LogP contribution in [-0.4, -0.2) is 15.1 Å². The second-order valence-electron chi connectivity index (χ2n) is 3.50. The Morgan fingerprint density at radius 1 is 1.29 bits per heavy atom. The van der Waals surface area contributed by atoms with Crippen molar-refractivity contribution in [3.05, 3.63) is 46.7 Å². The molecule has 1 atom stereocenters. The van der Waals surface area contributed by atoms with Crippen LogP contribution in [0.15, 0.2) is 51.2 Å². The standard InChI is InChI=1S/C12H11BrN2OS/c1-8(16)9-4-6-14-11(7-9)17-12-10(13)3-2-5-15-12/h2-8,16H,1H3. The number of hydrogen-bond acceptors (Lipinski definition) is 4. The first-order chi connectivity index (χ1) is 8.16. The van der Waals surface area contributed by atoms with E-state index in [9.17, 15) is 5.11 Å². The van der Waals surface area contributed by atoms with E-state index in [0.717, 1.165) is 20.1 Å². The van der Waals surface area contributed by atoms with Crippen LogP contribution in [0.2, 0.25) is 0 Å². The van der Waals surface area contributed by atoms with Gasteiger partial charge in [-0.25, -0.2) is 9.97 Å². The van der Waals surface area contributed by atoms with Gasteiger partial charge < -0.3 is 5.11 Å². The lowest BCUT2D eigenvalue weighted by molar-refractivity contribution is 0.199. The van der Waals surface area contributed by atoms with Gasteiger partial charge in [-0.15, -0.1) is 0 Å². The quantitative estimate of drug-likeness (QED) is 0.943. The lowest BCUT2D eigenvalue weighted by Crippen LogP contribution is -1.92. The second-order valence-corrected chi connectivity index (χ2v) is 5.36. The van der Waals surface area contributed by atoms with Crippen molar-refractivity contribution in [1.82, 2.24) is 9.97 Å². The van der Waals surface area contributed by atoms with Gasteiger partial charge in [-0.3, -0.25) is 0 Å². The summed E-state index contributed by atoms with van der Waals surface area (Å²) in [6.45, 7) is 1.74. The summed E-state index contributed by atoms with van der Waals surface area (Å²) in [4.78, 5) is 8.51. The van der Waals surface area contributed by atoms with E-state index in [1.807, 2.05) is 24.3 Å². The predicted octanol–water partition coefficient (Wildman–Crippen LogP) is 3.44. The number of pyridine rings is 2. The van der Waals surface area contributed by atoms with Crippen molar-refractivity contribution in [2.45, 2.75) is 23.1 Å². The average molecular weight is 311 g/mol. The van der Waals surface area contributed by atoms with Crippen molar-refractivity contribution >= 4 is 27.7 Å². The Labute approximate surface area is 112 Å². The summed E-state index contributed by atoms with van der Waals surface area (Å²) in [5.41, 5.74) is 0.856. The molecule has 0 spiro atoms. The minimum Gasteiger partial charge on any atom is -0.389 e. The van der Waals surface area contributed by atoms with E-state index in [1.54, 1.807) is 19.3 Å². The Balaban J connectivity index is 2.25. The molecule has 0 aliphatic heterocycles. The highest BCUT2D eigenvalue weighted by molar-refractivity contribution is 9.10. The third-order valence-electron chi connectivity index (χ3n) is 2.17. The Hall–Kier alpha value is -0.910. The van der Waals surface area contributed by atoms with Crippen LogP contribution >= 0.6 is 27.7 Å². The molecular formula is C12H11BrN2OS. The molecule has 0 amide bonds. The lowest BCUT2D eigenvalue weighted by Gasteiger charge is -2.06. The summed E-state index contributed by atoms with van der Waals surface area (Å²) >= 11 is 4.91. The highest BCUT2D eigenvalue weighted by Gasteiger charge is 2.07. The number of aliphatic hydroxyl groups excluding tert-OH is 1.